The molecule has 6 heteroatoms. The fourth-order valence-electron chi connectivity index (χ4n) is 3.81. The highest BCUT2D eigenvalue weighted by molar-refractivity contribution is 6.30. The van der Waals surface area contributed by atoms with Crippen LogP contribution in [-0.2, 0) is 11.2 Å². The second-order valence-electron chi connectivity index (χ2n) is 7.93. The number of hydrogen-bond acceptors (Lipinski definition) is 4. The van der Waals surface area contributed by atoms with Crippen LogP contribution < -0.4 is 4.90 Å². The Labute approximate surface area is 154 Å². The molecule has 0 radical (unpaired) electrons. The van der Waals surface area contributed by atoms with Gasteiger partial charge in [0.1, 0.15) is 5.60 Å². The zero-order valence-electron chi connectivity index (χ0n) is 15.2. The van der Waals surface area contributed by atoms with Crippen LogP contribution in [-0.4, -0.2) is 53.5 Å². The van der Waals surface area contributed by atoms with E-state index in [2.05, 4.69) is 11.0 Å². The third kappa shape index (κ3) is 4.04. The highest BCUT2D eigenvalue weighted by Gasteiger charge is 2.40. The number of halogens is 1. The first-order valence-corrected chi connectivity index (χ1v) is 9.32. The zero-order chi connectivity index (χ0) is 18.2. The summed E-state index contributed by atoms with van der Waals surface area (Å²) in [6.07, 6.45) is 2.50. The minimum absolute atomic E-state index is 0.0446. The number of likely N-dealkylation sites (tertiary alicyclic amines) is 1. The van der Waals surface area contributed by atoms with Gasteiger partial charge >= 0.3 is 6.09 Å². The fraction of sp³-hybridized carbons (Fsp3) is 0.632. The lowest BCUT2D eigenvalue weighted by molar-refractivity contribution is 0.0174. The molecule has 0 aromatic heterocycles. The molecule has 25 heavy (non-hydrogen) atoms. The van der Waals surface area contributed by atoms with Crippen molar-refractivity contribution in [3.63, 3.8) is 0 Å². The van der Waals surface area contributed by atoms with Crippen molar-refractivity contribution < 1.29 is 14.6 Å². The molecule has 1 fully saturated rings. The van der Waals surface area contributed by atoms with E-state index >= 15 is 0 Å². The summed E-state index contributed by atoms with van der Waals surface area (Å²) >= 11 is 6.13. The molecule has 0 bridgehead atoms. The van der Waals surface area contributed by atoms with Gasteiger partial charge in [0.15, 0.2) is 0 Å². The molecule has 138 valence electrons. The van der Waals surface area contributed by atoms with Gasteiger partial charge in [-0.05, 0) is 63.8 Å². The number of carbonyl (C=O) groups excluding carboxylic acids is 1. The maximum atomic E-state index is 12.5. The molecule has 2 aliphatic heterocycles. The molecular formula is C19H27ClN2O3. The van der Waals surface area contributed by atoms with E-state index in [-0.39, 0.29) is 24.8 Å². The normalized spacial score (nSPS) is 23.6. The highest BCUT2D eigenvalue weighted by Crippen LogP contribution is 2.34. The Bertz CT molecular complexity index is 644. The van der Waals surface area contributed by atoms with Gasteiger partial charge in [0.05, 0.1) is 12.6 Å². The maximum Gasteiger partial charge on any atom is 0.410 e. The number of rotatable bonds is 2. The van der Waals surface area contributed by atoms with E-state index in [4.69, 9.17) is 16.3 Å². The van der Waals surface area contributed by atoms with E-state index in [0.717, 1.165) is 30.8 Å². The number of amides is 1. The molecule has 1 aromatic carbocycles. The third-order valence-electron chi connectivity index (χ3n) is 4.87. The molecule has 1 aromatic rings. The number of aryl methyl sites for hydroxylation is 1. The standard InChI is InChI=1S/C19H27ClN2O3/c1-19(2,3)25-18(24)22-11-15(10-16(22)12-23)21-8-4-5-13-9-14(20)6-7-17(13)21/h6-7,9,15-16,23H,4-5,8,10-12H2,1-3H3/t15?,16-/m1/s1. The van der Waals surface area contributed by atoms with Crippen molar-refractivity contribution in [1.82, 2.24) is 4.90 Å². The Morgan fingerprint density at radius 3 is 2.84 bits per heavy atom. The van der Waals surface area contributed by atoms with Gasteiger partial charge in [0.2, 0.25) is 0 Å². The lowest BCUT2D eigenvalue weighted by Crippen LogP contribution is -2.43. The van der Waals surface area contributed by atoms with Crippen LogP contribution in [0.3, 0.4) is 0 Å². The van der Waals surface area contributed by atoms with Crippen molar-refractivity contribution in [2.45, 2.75) is 57.7 Å². The third-order valence-corrected chi connectivity index (χ3v) is 5.10. The predicted octanol–water partition coefficient (Wildman–Crippen LogP) is 3.46. The number of hydrogen-bond donors (Lipinski definition) is 1. The molecule has 1 unspecified atom stereocenters. The summed E-state index contributed by atoms with van der Waals surface area (Å²) in [7, 11) is 0. The van der Waals surface area contributed by atoms with Crippen LogP contribution in [0.4, 0.5) is 10.5 Å². The van der Waals surface area contributed by atoms with Gasteiger partial charge in [0.25, 0.3) is 0 Å². The van der Waals surface area contributed by atoms with Gasteiger partial charge in [0, 0.05) is 29.8 Å². The molecule has 1 N–H and O–H groups in total. The minimum Gasteiger partial charge on any atom is -0.444 e. The number of anilines is 1. The van der Waals surface area contributed by atoms with Crippen molar-refractivity contribution in [1.29, 1.82) is 0 Å². The first-order valence-electron chi connectivity index (χ1n) is 8.94. The van der Waals surface area contributed by atoms with Crippen molar-refractivity contribution in [3.8, 4) is 0 Å². The number of benzene rings is 1. The van der Waals surface area contributed by atoms with Gasteiger partial charge in [-0.1, -0.05) is 11.6 Å². The molecule has 2 aliphatic rings. The van der Waals surface area contributed by atoms with Gasteiger partial charge in [-0.3, -0.25) is 0 Å². The van der Waals surface area contributed by atoms with Crippen LogP contribution in [0.25, 0.3) is 0 Å². The van der Waals surface area contributed by atoms with Gasteiger partial charge in [-0.15, -0.1) is 0 Å². The van der Waals surface area contributed by atoms with E-state index in [1.54, 1.807) is 4.90 Å². The Hall–Kier alpha value is -1.46. The first kappa shape index (κ1) is 18.3. The molecule has 1 saturated heterocycles. The molecular weight excluding hydrogens is 340 g/mol. The zero-order valence-corrected chi connectivity index (χ0v) is 15.9. The Kier molecular flexibility index (Phi) is 5.16. The molecule has 3 rings (SSSR count). The van der Waals surface area contributed by atoms with Gasteiger partial charge < -0.3 is 19.6 Å². The Morgan fingerprint density at radius 2 is 2.16 bits per heavy atom. The molecule has 2 atom stereocenters. The number of aliphatic hydroxyl groups excluding tert-OH is 1. The molecule has 2 heterocycles. The second-order valence-corrected chi connectivity index (χ2v) is 8.37. The summed E-state index contributed by atoms with van der Waals surface area (Å²) in [5.74, 6) is 0. The molecule has 5 nitrogen and oxygen atoms in total. The predicted molar refractivity (Wildman–Crippen MR) is 99.3 cm³/mol. The monoisotopic (exact) mass is 366 g/mol. The van der Waals surface area contributed by atoms with Crippen molar-refractivity contribution in [2.75, 3.05) is 24.6 Å². The highest BCUT2D eigenvalue weighted by atomic mass is 35.5. The van der Waals surface area contributed by atoms with E-state index < -0.39 is 5.60 Å². The fourth-order valence-corrected chi connectivity index (χ4v) is 4.00. The van der Waals surface area contributed by atoms with E-state index in [0.29, 0.717) is 6.54 Å². The van der Waals surface area contributed by atoms with Crippen LogP contribution in [0.5, 0.6) is 0 Å². The van der Waals surface area contributed by atoms with Crippen LogP contribution in [0, 0.1) is 0 Å². The number of aliphatic hydroxyl groups is 1. The molecule has 0 saturated carbocycles. The lowest BCUT2D eigenvalue weighted by Gasteiger charge is -2.36. The topological polar surface area (TPSA) is 53.0 Å². The Balaban J connectivity index is 1.78. The number of nitrogens with zero attached hydrogens (tertiary/aromatic N) is 2. The largest absolute Gasteiger partial charge is 0.444 e. The number of carbonyl (C=O) groups is 1. The molecule has 0 spiro atoms. The van der Waals surface area contributed by atoms with Crippen LogP contribution in [0.1, 0.15) is 39.2 Å². The summed E-state index contributed by atoms with van der Waals surface area (Å²) in [5.41, 5.74) is 1.92. The van der Waals surface area contributed by atoms with Gasteiger partial charge in [-0.25, -0.2) is 4.79 Å². The van der Waals surface area contributed by atoms with Crippen LogP contribution in [0.2, 0.25) is 5.02 Å². The number of ether oxygens (including phenoxy) is 1. The quantitative estimate of drug-likeness (QED) is 0.870. The van der Waals surface area contributed by atoms with E-state index in [1.165, 1.54) is 11.3 Å². The first-order chi connectivity index (χ1) is 11.8. The summed E-state index contributed by atoms with van der Waals surface area (Å²) in [6.45, 7) is 7.06. The summed E-state index contributed by atoms with van der Waals surface area (Å²) in [5, 5.41) is 10.5. The second kappa shape index (κ2) is 7.04. The summed E-state index contributed by atoms with van der Waals surface area (Å²) in [6, 6.07) is 6.01. The van der Waals surface area contributed by atoms with E-state index in [9.17, 15) is 9.90 Å². The molecule has 0 aliphatic carbocycles. The van der Waals surface area contributed by atoms with Crippen molar-refractivity contribution >= 4 is 23.4 Å². The van der Waals surface area contributed by atoms with Crippen molar-refractivity contribution in [3.05, 3.63) is 28.8 Å². The van der Waals surface area contributed by atoms with E-state index in [1.807, 2.05) is 32.9 Å². The molecule has 1 amide bonds. The lowest BCUT2D eigenvalue weighted by atomic mass is 9.99. The maximum absolute atomic E-state index is 12.5. The van der Waals surface area contributed by atoms with Crippen molar-refractivity contribution in [2.24, 2.45) is 0 Å². The minimum atomic E-state index is -0.538. The summed E-state index contributed by atoms with van der Waals surface area (Å²) in [4.78, 5) is 16.5. The Morgan fingerprint density at radius 1 is 1.40 bits per heavy atom. The van der Waals surface area contributed by atoms with Crippen LogP contribution >= 0.6 is 11.6 Å². The smallest absolute Gasteiger partial charge is 0.410 e. The SMILES string of the molecule is CC(C)(C)OC(=O)N1CC(N2CCCc3cc(Cl)ccc32)C[C@@H]1CO. The van der Waals surface area contributed by atoms with Crippen LogP contribution in [0.15, 0.2) is 18.2 Å². The van der Waals surface area contributed by atoms with Gasteiger partial charge in [-0.2, -0.15) is 0 Å². The number of fused-ring (bicyclic) bond motifs is 1. The average Bonchev–Trinajstić information content (AvgIpc) is 2.96. The average molecular weight is 367 g/mol. The summed E-state index contributed by atoms with van der Waals surface area (Å²) < 4.78 is 5.51.